The minimum absolute atomic E-state index is 0.862. The molecule has 0 atom stereocenters. The predicted molar refractivity (Wildman–Crippen MR) is 73.8 cm³/mol. The van der Waals surface area contributed by atoms with Crippen LogP contribution in [0, 0.1) is 0 Å². The SMILES string of the molecule is CCCCCCCCCC[S+]1CCCC1. The molecule has 1 heteroatoms. The van der Waals surface area contributed by atoms with Gasteiger partial charge >= 0.3 is 0 Å². The molecule has 0 aromatic rings. The van der Waals surface area contributed by atoms with Gasteiger partial charge in [-0.1, -0.05) is 45.4 Å². The zero-order valence-corrected chi connectivity index (χ0v) is 11.4. The molecule has 15 heavy (non-hydrogen) atoms. The molecule has 1 aliphatic rings. The summed E-state index contributed by atoms with van der Waals surface area (Å²) in [5.74, 6) is 4.70. The summed E-state index contributed by atoms with van der Waals surface area (Å²) in [4.78, 5) is 0. The summed E-state index contributed by atoms with van der Waals surface area (Å²) >= 11 is 0. The third kappa shape index (κ3) is 7.27. The molecule has 1 saturated heterocycles. The van der Waals surface area contributed by atoms with Crippen LogP contribution in [0.5, 0.6) is 0 Å². The van der Waals surface area contributed by atoms with Crippen molar-refractivity contribution in [3.05, 3.63) is 0 Å². The lowest BCUT2D eigenvalue weighted by molar-refractivity contribution is 0.586. The molecule has 90 valence electrons. The van der Waals surface area contributed by atoms with E-state index in [1.54, 1.807) is 17.3 Å². The quantitative estimate of drug-likeness (QED) is 0.402. The lowest BCUT2D eigenvalue weighted by atomic mass is 10.1. The van der Waals surface area contributed by atoms with Gasteiger partial charge in [0.1, 0.15) is 17.3 Å². The van der Waals surface area contributed by atoms with Crippen LogP contribution < -0.4 is 0 Å². The highest BCUT2D eigenvalue weighted by molar-refractivity contribution is 7.97. The Labute approximate surface area is 99.6 Å². The Kier molecular flexibility index (Phi) is 8.56. The molecule has 0 saturated carbocycles. The van der Waals surface area contributed by atoms with Gasteiger partial charge in [-0.05, 0) is 36.6 Å². The fourth-order valence-electron chi connectivity index (χ4n) is 2.36. The minimum Gasteiger partial charge on any atom is -0.0654 e. The molecule has 0 radical (unpaired) electrons. The van der Waals surface area contributed by atoms with Crippen molar-refractivity contribution in [3.8, 4) is 0 Å². The van der Waals surface area contributed by atoms with Crippen molar-refractivity contribution in [1.29, 1.82) is 0 Å². The molecule has 1 rings (SSSR count). The van der Waals surface area contributed by atoms with Crippen molar-refractivity contribution in [3.63, 3.8) is 0 Å². The molecule has 0 N–H and O–H groups in total. The standard InChI is InChI=1S/C14H29S/c1-2-3-4-5-6-7-8-9-12-15-13-10-11-14-15/h2-14H2,1H3/q+1. The van der Waals surface area contributed by atoms with Gasteiger partial charge in [0.2, 0.25) is 0 Å². The summed E-state index contributed by atoms with van der Waals surface area (Å²) in [7, 11) is 0.862. The van der Waals surface area contributed by atoms with Gasteiger partial charge in [0, 0.05) is 0 Å². The number of unbranched alkanes of at least 4 members (excludes halogenated alkanes) is 7. The Balaban J connectivity index is 1.73. The van der Waals surface area contributed by atoms with Gasteiger partial charge in [-0.2, -0.15) is 0 Å². The van der Waals surface area contributed by atoms with Crippen molar-refractivity contribution in [2.45, 2.75) is 71.1 Å². The van der Waals surface area contributed by atoms with E-state index in [-0.39, 0.29) is 0 Å². The van der Waals surface area contributed by atoms with Crippen LogP contribution in [-0.4, -0.2) is 17.3 Å². The average molecular weight is 229 g/mol. The highest BCUT2D eigenvalue weighted by Gasteiger charge is 2.22. The van der Waals surface area contributed by atoms with E-state index in [4.69, 9.17) is 0 Å². The van der Waals surface area contributed by atoms with Crippen molar-refractivity contribution < 1.29 is 0 Å². The summed E-state index contributed by atoms with van der Waals surface area (Å²) < 4.78 is 0. The lowest BCUT2D eigenvalue weighted by Crippen LogP contribution is -2.08. The van der Waals surface area contributed by atoms with Crippen LogP contribution in [0.1, 0.15) is 71.1 Å². The Morgan fingerprint density at radius 3 is 1.87 bits per heavy atom. The molecule has 0 aromatic carbocycles. The van der Waals surface area contributed by atoms with Crippen LogP contribution in [0.2, 0.25) is 0 Å². The largest absolute Gasteiger partial charge is 0.108 e. The van der Waals surface area contributed by atoms with Gasteiger partial charge in [0.25, 0.3) is 0 Å². The highest BCUT2D eigenvalue weighted by atomic mass is 32.2. The molecule has 0 aliphatic carbocycles. The van der Waals surface area contributed by atoms with Crippen molar-refractivity contribution in [2.75, 3.05) is 17.3 Å². The van der Waals surface area contributed by atoms with Crippen LogP contribution >= 0.6 is 0 Å². The van der Waals surface area contributed by atoms with E-state index in [0.717, 1.165) is 10.9 Å². The van der Waals surface area contributed by atoms with E-state index < -0.39 is 0 Å². The Hall–Kier alpha value is 0.350. The molecule has 0 amide bonds. The van der Waals surface area contributed by atoms with Crippen LogP contribution in [0.3, 0.4) is 0 Å². The van der Waals surface area contributed by atoms with Gasteiger partial charge in [-0.3, -0.25) is 0 Å². The normalized spacial score (nSPS) is 17.4. The Bertz CT molecular complexity index is 127. The van der Waals surface area contributed by atoms with E-state index in [2.05, 4.69) is 6.92 Å². The molecule has 0 bridgehead atoms. The first-order valence-corrected chi connectivity index (χ1v) is 8.81. The number of hydrogen-bond acceptors (Lipinski definition) is 0. The summed E-state index contributed by atoms with van der Waals surface area (Å²) in [6, 6.07) is 0. The topological polar surface area (TPSA) is 0 Å². The maximum absolute atomic E-state index is 2.29. The summed E-state index contributed by atoms with van der Waals surface area (Å²) in [5.41, 5.74) is 0. The van der Waals surface area contributed by atoms with Crippen LogP contribution in [0.15, 0.2) is 0 Å². The maximum Gasteiger partial charge on any atom is 0.108 e. The minimum atomic E-state index is 0.862. The molecule has 0 spiro atoms. The van der Waals surface area contributed by atoms with Crippen molar-refractivity contribution >= 4 is 10.9 Å². The van der Waals surface area contributed by atoms with Crippen LogP contribution in [-0.2, 0) is 10.9 Å². The maximum atomic E-state index is 2.29. The molecule has 1 aliphatic heterocycles. The first-order valence-electron chi connectivity index (χ1n) is 7.07. The third-order valence-corrected chi connectivity index (χ3v) is 6.00. The fourth-order valence-corrected chi connectivity index (χ4v) is 4.81. The van der Waals surface area contributed by atoms with E-state index in [1.807, 2.05) is 0 Å². The van der Waals surface area contributed by atoms with E-state index >= 15 is 0 Å². The highest BCUT2D eigenvalue weighted by Crippen LogP contribution is 2.16. The van der Waals surface area contributed by atoms with E-state index in [0.29, 0.717) is 0 Å². The molecular formula is C14H29S+. The number of hydrogen-bond donors (Lipinski definition) is 0. The van der Waals surface area contributed by atoms with Crippen molar-refractivity contribution in [1.82, 2.24) is 0 Å². The number of rotatable bonds is 9. The lowest BCUT2D eigenvalue weighted by Gasteiger charge is -2.02. The second-order valence-corrected chi connectivity index (χ2v) is 7.36. The van der Waals surface area contributed by atoms with Gasteiger partial charge in [-0.25, -0.2) is 0 Å². The summed E-state index contributed by atoms with van der Waals surface area (Å²) in [6.45, 7) is 2.29. The smallest absolute Gasteiger partial charge is 0.0654 e. The predicted octanol–water partition coefficient (Wildman–Crippen LogP) is 4.54. The zero-order chi connectivity index (χ0) is 10.8. The monoisotopic (exact) mass is 229 g/mol. The first-order chi connectivity index (χ1) is 7.43. The third-order valence-electron chi connectivity index (χ3n) is 3.40. The van der Waals surface area contributed by atoms with Crippen LogP contribution in [0.25, 0.3) is 0 Å². The second-order valence-electron chi connectivity index (χ2n) is 4.91. The molecule has 0 unspecified atom stereocenters. The molecule has 1 heterocycles. The summed E-state index contributed by atoms with van der Waals surface area (Å²) in [5, 5.41) is 0. The first kappa shape index (κ1) is 13.4. The van der Waals surface area contributed by atoms with Gasteiger partial charge in [0.15, 0.2) is 0 Å². The second kappa shape index (κ2) is 9.57. The Morgan fingerprint density at radius 2 is 1.27 bits per heavy atom. The van der Waals surface area contributed by atoms with E-state index in [9.17, 15) is 0 Å². The average Bonchev–Trinajstić information content (AvgIpc) is 2.75. The zero-order valence-electron chi connectivity index (χ0n) is 10.6. The van der Waals surface area contributed by atoms with Gasteiger partial charge < -0.3 is 0 Å². The Morgan fingerprint density at radius 1 is 0.733 bits per heavy atom. The summed E-state index contributed by atoms with van der Waals surface area (Å²) in [6.07, 6.45) is 14.9. The molecule has 0 aromatic heterocycles. The van der Waals surface area contributed by atoms with Crippen molar-refractivity contribution in [2.24, 2.45) is 0 Å². The van der Waals surface area contributed by atoms with Gasteiger partial charge in [-0.15, -0.1) is 0 Å². The fraction of sp³-hybridized carbons (Fsp3) is 1.00. The molecular weight excluding hydrogens is 200 g/mol. The van der Waals surface area contributed by atoms with Crippen LogP contribution in [0.4, 0.5) is 0 Å². The van der Waals surface area contributed by atoms with Gasteiger partial charge in [0.05, 0.1) is 0 Å². The van der Waals surface area contributed by atoms with E-state index in [1.165, 1.54) is 64.2 Å². The molecule has 1 fully saturated rings. The molecule has 0 nitrogen and oxygen atoms in total.